The van der Waals surface area contributed by atoms with Crippen molar-refractivity contribution in [2.24, 2.45) is 0 Å². The van der Waals surface area contributed by atoms with Crippen LogP contribution in [0.25, 0.3) is 10.9 Å². The number of H-pyrrole nitrogens is 1. The molecule has 0 spiro atoms. The Kier molecular flexibility index (Phi) is 6.06. The third-order valence-corrected chi connectivity index (χ3v) is 4.44. The highest BCUT2D eigenvalue weighted by atomic mass is 35.5. The summed E-state index contributed by atoms with van der Waals surface area (Å²) in [6, 6.07) is 13.6. The number of carbonyl (C=O) groups is 2. The molecule has 0 saturated carbocycles. The van der Waals surface area contributed by atoms with E-state index in [1.165, 1.54) is 0 Å². The molecule has 7 nitrogen and oxygen atoms in total. The van der Waals surface area contributed by atoms with E-state index in [0.717, 1.165) is 0 Å². The number of amides is 2. The molecule has 28 heavy (non-hydrogen) atoms. The number of aromatic nitrogens is 2. The van der Waals surface area contributed by atoms with E-state index >= 15 is 0 Å². The zero-order chi connectivity index (χ0) is 20.1. The van der Waals surface area contributed by atoms with Crippen LogP contribution >= 0.6 is 11.6 Å². The number of halogens is 1. The first-order valence-electron chi connectivity index (χ1n) is 8.74. The fraction of sp³-hybridized carbons (Fsp3) is 0.200. The van der Waals surface area contributed by atoms with Gasteiger partial charge in [0.2, 0.25) is 0 Å². The summed E-state index contributed by atoms with van der Waals surface area (Å²) < 4.78 is 0. The third-order valence-electron chi connectivity index (χ3n) is 4.20. The molecular weight excluding hydrogens is 380 g/mol. The van der Waals surface area contributed by atoms with E-state index in [1.807, 2.05) is 0 Å². The van der Waals surface area contributed by atoms with E-state index in [-0.39, 0.29) is 17.3 Å². The fourth-order valence-corrected chi connectivity index (χ4v) is 2.93. The zero-order valence-electron chi connectivity index (χ0n) is 15.2. The van der Waals surface area contributed by atoms with Gasteiger partial charge in [-0.3, -0.25) is 14.4 Å². The van der Waals surface area contributed by atoms with Crippen LogP contribution in [0.4, 0.5) is 0 Å². The highest BCUT2D eigenvalue weighted by Crippen LogP contribution is 2.12. The maximum absolute atomic E-state index is 12.3. The highest BCUT2D eigenvalue weighted by molar-refractivity contribution is 6.30. The largest absolute Gasteiger partial charge is 0.349 e. The van der Waals surface area contributed by atoms with Crippen molar-refractivity contribution in [1.82, 2.24) is 20.2 Å². The van der Waals surface area contributed by atoms with E-state index < -0.39 is 5.91 Å². The molecule has 0 aliphatic carbocycles. The average molecular weight is 399 g/mol. The molecule has 0 radical (unpaired) electrons. The lowest BCUT2D eigenvalue weighted by atomic mass is 10.2. The normalized spacial score (nSPS) is 10.6. The number of benzene rings is 2. The molecule has 0 unspecified atom stereocenters. The van der Waals surface area contributed by atoms with E-state index in [0.29, 0.717) is 41.0 Å². The van der Waals surface area contributed by atoms with Crippen molar-refractivity contribution in [3.8, 4) is 0 Å². The van der Waals surface area contributed by atoms with Crippen molar-refractivity contribution in [2.45, 2.75) is 6.42 Å². The van der Waals surface area contributed by atoms with Crippen molar-refractivity contribution < 1.29 is 9.59 Å². The van der Waals surface area contributed by atoms with Crippen molar-refractivity contribution in [3.63, 3.8) is 0 Å². The smallest absolute Gasteiger partial charge is 0.287 e. The first kappa shape index (κ1) is 19.6. The average Bonchev–Trinajstić information content (AvgIpc) is 2.70. The van der Waals surface area contributed by atoms with Gasteiger partial charge < -0.3 is 15.2 Å². The van der Waals surface area contributed by atoms with Crippen molar-refractivity contribution in [2.75, 3.05) is 20.1 Å². The first-order chi connectivity index (χ1) is 13.5. The summed E-state index contributed by atoms with van der Waals surface area (Å²) in [5, 5.41) is 3.64. The van der Waals surface area contributed by atoms with Crippen LogP contribution in [0.15, 0.2) is 53.3 Å². The van der Waals surface area contributed by atoms with Gasteiger partial charge in [0, 0.05) is 30.7 Å². The van der Waals surface area contributed by atoms with Crippen molar-refractivity contribution in [3.05, 3.63) is 75.3 Å². The Morgan fingerprint density at radius 3 is 2.75 bits per heavy atom. The number of nitrogens with zero attached hydrogens (tertiary/aromatic N) is 2. The van der Waals surface area contributed by atoms with Crippen LogP contribution in [0.1, 0.15) is 27.4 Å². The lowest BCUT2D eigenvalue weighted by Crippen LogP contribution is -2.32. The molecule has 0 bridgehead atoms. The number of hydrogen-bond donors (Lipinski definition) is 2. The standard InChI is InChI=1S/C20H19ClN4O3/c1-25(20(28)13-6-4-7-14(21)12-13)11-5-10-22-19(27)17-23-16-9-3-2-8-15(16)18(26)24-17/h2-4,6-9,12H,5,10-11H2,1H3,(H,22,27)(H,23,24,26). The van der Waals surface area contributed by atoms with E-state index in [4.69, 9.17) is 11.6 Å². The lowest BCUT2D eigenvalue weighted by molar-refractivity contribution is 0.0793. The number of rotatable bonds is 6. The first-order valence-corrected chi connectivity index (χ1v) is 9.12. The van der Waals surface area contributed by atoms with Gasteiger partial charge >= 0.3 is 0 Å². The Hall–Kier alpha value is -3.19. The van der Waals surface area contributed by atoms with Crippen molar-refractivity contribution >= 4 is 34.3 Å². The van der Waals surface area contributed by atoms with Gasteiger partial charge in [0.1, 0.15) is 0 Å². The summed E-state index contributed by atoms with van der Waals surface area (Å²) in [5.41, 5.74) is 0.614. The Morgan fingerprint density at radius 2 is 1.96 bits per heavy atom. The number of para-hydroxylation sites is 1. The Morgan fingerprint density at radius 1 is 1.18 bits per heavy atom. The number of aromatic amines is 1. The van der Waals surface area contributed by atoms with Gasteiger partial charge in [0.25, 0.3) is 17.4 Å². The molecule has 3 rings (SSSR count). The third kappa shape index (κ3) is 4.55. The number of nitrogens with one attached hydrogen (secondary N) is 2. The number of fused-ring (bicyclic) bond motifs is 1. The van der Waals surface area contributed by atoms with Gasteiger partial charge in [-0.1, -0.05) is 29.8 Å². The molecule has 0 saturated heterocycles. The Balaban J connectivity index is 1.53. The van der Waals surface area contributed by atoms with Gasteiger partial charge in [-0.05, 0) is 36.8 Å². The van der Waals surface area contributed by atoms with Crippen LogP contribution in [0, 0.1) is 0 Å². The summed E-state index contributed by atoms with van der Waals surface area (Å²) in [6.45, 7) is 0.788. The molecule has 0 fully saturated rings. The minimum Gasteiger partial charge on any atom is -0.349 e. The molecular formula is C20H19ClN4O3. The molecule has 0 atom stereocenters. The number of hydrogen-bond acceptors (Lipinski definition) is 4. The Labute approximate surface area is 166 Å². The highest BCUT2D eigenvalue weighted by Gasteiger charge is 2.13. The minimum atomic E-state index is -0.466. The predicted octanol–water partition coefficient (Wildman–Crippen LogP) is 2.47. The molecule has 2 aromatic carbocycles. The van der Waals surface area contributed by atoms with Gasteiger partial charge in [0.15, 0.2) is 5.82 Å². The second-order valence-electron chi connectivity index (χ2n) is 6.28. The van der Waals surface area contributed by atoms with Crippen LogP contribution in [0.5, 0.6) is 0 Å². The summed E-state index contributed by atoms with van der Waals surface area (Å²) >= 11 is 5.91. The molecule has 0 aliphatic rings. The lowest BCUT2D eigenvalue weighted by Gasteiger charge is -2.17. The van der Waals surface area contributed by atoms with E-state index in [1.54, 1.807) is 60.5 Å². The summed E-state index contributed by atoms with van der Waals surface area (Å²) in [7, 11) is 1.69. The van der Waals surface area contributed by atoms with Crippen LogP contribution in [0.2, 0.25) is 5.02 Å². The van der Waals surface area contributed by atoms with Crippen LogP contribution in [0.3, 0.4) is 0 Å². The minimum absolute atomic E-state index is 0.0351. The van der Waals surface area contributed by atoms with Gasteiger partial charge in [-0.25, -0.2) is 4.98 Å². The van der Waals surface area contributed by atoms with Crippen LogP contribution in [-0.4, -0.2) is 46.8 Å². The SMILES string of the molecule is CN(CCCNC(=O)c1nc2ccccc2c(=O)[nH]1)C(=O)c1cccc(Cl)c1. The molecule has 1 heterocycles. The molecule has 1 aromatic heterocycles. The molecule has 2 amide bonds. The van der Waals surface area contributed by atoms with E-state index in [9.17, 15) is 14.4 Å². The monoisotopic (exact) mass is 398 g/mol. The topological polar surface area (TPSA) is 95.2 Å². The second-order valence-corrected chi connectivity index (χ2v) is 6.71. The predicted molar refractivity (Wildman–Crippen MR) is 108 cm³/mol. The second kappa shape index (κ2) is 8.67. The fourth-order valence-electron chi connectivity index (χ4n) is 2.74. The maximum Gasteiger partial charge on any atom is 0.287 e. The molecule has 3 aromatic rings. The maximum atomic E-state index is 12.3. The van der Waals surface area contributed by atoms with Gasteiger partial charge in [0.05, 0.1) is 10.9 Å². The zero-order valence-corrected chi connectivity index (χ0v) is 16.0. The molecule has 0 aliphatic heterocycles. The van der Waals surface area contributed by atoms with Gasteiger partial charge in [-0.2, -0.15) is 0 Å². The Bertz CT molecular complexity index is 1080. The molecule has 8 heteroatoms. The summed E-state index contributed by atoms with van der Waals surface area (Å²) in [4.78, 5) is 44.8. The van der Waals surface area contributed by atoms with Gasteiger partial charge in [-0.15, -0.1) is 0 Å². The van der Waals surface area contributed by atoms with Crippen molar-refractivity contribution in [1.29, 1.82) is 0 Å². The van der Waals surface area contributed by atoms with E-state index in [2.05, 4.69) is 15.3 Å². The quantitative estimate of drug-likeness (QED) is 0.623. The molecule has 144 valence electrons. The van der Waals surface area contributed by atoms with Crippen LogP contribution in [-0.2, 0) is 0 Å². The summed E-state index contributed by atoms with van der Waals surface area (Å²) in [5.74, 6) is -0.645. The van der Waals surface area contributed by atoms with Crippen LogP contribution < -0.4 is 10.9 Å². The molecule has 2 N–H and O–H groups in total. The number of carbonyl (C=O) groups excluding carboxylic acids is 2. The summed E-state index contributed by atoms with van der Waals surface area (Å²) in [6.07, 6.45) is 0.548.